The van der Waals surface area contributed by atoms with Crippen LogP contribution in [0.1, 0.15) is 23.0 Å². The molecule has 0 fully saturated rings. The first-order valence-corrected chi connectivity index (χ1v) is 6.40. The van der Waals surface area contributed by atoms with Gasteiger partial charge in [-0.05, 0) is 25.1 Å². The molecule has 0 amide bonds. The van der Waals surface area contributed by atoms with Gasteiger partial charge in [-0.3, -0.25) is 4.79 Å². The van der Waals surface area contributed by atoms with Gasteiger partial charge in [0, 0.05) is 16.6 Å². The zero-order valence-corrected chi connectivity index (χ0v) is 11.6. The molecule has 18 heavy (non-hydrogen) atoms. The molecule has 0 aliphatic carbocycles. The van der Waals surface area contributed by atoms with Gasteiger partial charge in [-0.25, -0.2) is 4.98 Å². The number of imidazole rings is 1. The number of halogens is 1. The lowest BCUT2D eigenvalue weighted by Gasteiger charge is -2.08. The maximum Gasteiger partial charge on any atom is 0.151 e. The number of nitrogens with zero attached hydrogens (tertiary/aromatic N) is 2. The molecule has 0 spiro atoms. The van der Waals surface area contributed by atoms with E-state index in [2.05, 4.69) is 27.8 Å². The van der Waals surface area contributed by atoms with E-state index in [4.69, 9.17) is 4.74 Å². The largest absolute Gasteiger partial charge is 0.487 e. The molecule has 0 unspecified atom stereocenters. The van der Waals surface area contributed by atoms with E-state index in [0.717, 1.165) is 23.0 Å². The molecule has 2 aromatic rings. The van der Waals surface area contributed by atoms with Crippen molar-refractivity contribution in [2.24, 2.45) is 0 Å². The van der Waals surface area contributed by atoms with Crippen LogP contribution in [0.4, 0.5) is 0 Å². The molecule has 1 heterocycles. The van der Waals surface area contributed by atoms with E-state index >= 15 is 0 Å². The number of hydrogen-bond acceptors (Lipinski definition) is 3. The third-order valence-electron chi connectivity index (χ3n) is 2.62. The molecular weight excluding hydrogens is 296 g/mol. The molecule has 1 aromatic heterocycles. The highest BCUT2D eigenvalue weighted by molar-refractivity contribution is 9.10. The van der Waals surface area contributed by atoms with Gasteiger partial charge in [-0.1, -0.05) is 15.9 Å². The van der Waals surface area contributed by atoms with E-state index in [1.807, 2.05) is 10.6 Å². The quantitative estimate of drug-likeness (QED) is 0.797. The van der Waals surface area contributed by atoms with Crippen molar-refractivity contribution in [3.8, 4) is 5.75 Å². The second-order valence-electron chi connectivity index (χ2n) is 3.76. The average Bonchev–Trinajstić information content (AvgIpc) is 2.85. The molecule has 2 rings (SSSR count). The van der Waals surface area contributed by atoms with Gasteiger partial charge in [0.1, 0.15) is 12.4 Å². The second-order valence-corrected chi connectivity index (χ2v) is 4.62. The zero-order chi connectivity index (χ0) is 13.0. The van der Waals surface area contributed by atoms with Crippen LogP contribution in [0.2, 0.25) is 0 Å². The van der Waals surface area contributed by atoms with Crippen LogP contribution in [-0.4, -0.2) is 15.8 Å². The lowest BCUT2D eigenvalue weighted by Crippen LogP contribution is -2.03. The topological polar surface area (TPSA) is 44.1 Å². The van der Waals surface area contributed by atoms with Gasteiger partial charge in [0.15, 0.2) is 6.29 Å². The number of benzene rings is 1. The Bertz CT molecular complexity index is 552. The zero-order valence-electron chi connectivity index (χ0n) is 9.97. The molecule has 0 radical (unpaired) electrons. The monoisotopic (exact) mass is 308 g/mol. The minimum atomic E-state index is 0.438. The summed E-state index contributed by atoms with van der Waals surface area (Å²) in [6, 6.07) is 5.34. The van der Waals surface area contributed by atoms with E-state index in [1.165, 1.54) is 0 Å². The summed E-state index contributed by atoms with van der Waals surface area (Å²) >= 11 is 3.30. The Hall–Kier alpha value is -1.62. The molecule has 94 valence electrons. The first-order chi connectivity index (χ1) is 8.74. The van der Waals surface area contributed by atoms with Crippen molar-refractivity contribution in [3.63, 3.8) is 0 Å². The summed E-state index contributed by atoms with van der Waals surface area (Å²) in [6.07, 6.45) is 4.35. The van der Waals surface area contributed by atoms with Crippen LogP contribution in [0.25, 0.3) is 0 Å². The van der Waals surface area contributed by atoms with Gasteiger partial charge in [0.2, 0.25) is 0 Å². The number of rotatable bonds is 5. The molecule has 0 bridgehead atoms. The molecule has 0 atom stereocenters. The summed E-state index contributed by atoms with van der Waals surface area (Å²) in [5, 5.41) is 0. The fourth-order valence-corrected chi connectivity index (χ4v) is 1.95. The Labute approximate surface area is 114 Å². The van der Waals surface area contributed by atoms with Gasteiger partial charge in [0.05, 0.1) is 18.2 Å². The maximum atomic E-state index is 10.8. The standard InChI is InChI=1S/C13H13BrN2O2/c1-2-16-9-15-6-11(16)8-18-12-3-4-13(14)10(5-12)7-17/h3-7,9H,2,8H2,1H3. The lowest BCUT2D eigenvalue weighted by molar-refractivity contribution is 0.112. The highest BCUT2D eigenvalue weighted by Gasteiger charge is 2.04. The van der Waals surface area contributed by atoms with Gasteiger partial charge < -0.3 is 9.30 Å². The third kappa shape index (κ3) is 2.79. The van der Waals surface area contributed by atoms with Crippen LogP contribution < -0.4 is 4.74 Å². The fraction of sp³-hybridized carbons (Fsp3) is 0.231. The highest BCUT2D eigenvalue weighted by Crippen LogP contribution is 2.21. The van der Waals surface area contributed by atoms with Crippen LogP contribution in [-0.2, 0) is 13.2 Å². The van der Waals surface area contributed by atoms with Crippen molar-refractivity contribution in [1.29, 1.82) is 0 Å². The van der Waals surface area contributed by atoms with Crippen molar-refractivity contribution in [2.75, 3.05) is 0 Å². The predicted octanol–water partition coefficient (Wildman–Crippen LogP) is 3.06. The molecule has 1 aromatic carbocycles. The smallest absolute Gasteiger partial charge is 0.151 e. The van der Waals surface area contributed by atoms with E-state index in [9.17, 15) is 4.79 Å². The number of ether oxygens (including phenoxy) is 1. The summed E-state index contributed by atoms with van der Waals surface area (Å²) in [7, 11) is 0. The fourth-order valence-electron chi connectivity index (χ4n) is 1.61. The Kier molecular flexibility index (Phi) is 4.15. The van der Waals surface area contributed by atoms with Crippen LogP contribution in [0, 0.1) is 0 Å². The molecule has 0 saturated carbocycles. The van der Waals surface area contributed by atoms with Crippen LogP contribution in [0.5, 0.6) is 5.75 Å². The molecule has 0 aliphatic heterocycles. The van der Waals surface area contributed by atoms with E-state index in [1.54, 1.807) is 24.7 Å². The molecule has 5 heteroatoms. The number of aldehydes is 1. The van der Waals surface area contributed by atoms with Gasteiger partial charge in [0.25, 0.3) is 0 Å². The molecular formula is C13H13BrN2O2. The second kappa shape index (κ2) is 5.82. The number of aryl methyl sites for hydroxylation is 1. The number of carbonyl (C=O) groups is 1. The molecule has 0 N–H and O–H groups in total. The summed E-state index contributed by atoms with van der Waals surface area (Å²) in [5.41, 5.74) is 1.59. The molecule has 4 nitrogen and oxygen atoms in total. The summed E-state index contributed by atoms with van der Waals surface area (Å²) in [4.78, 5) is 14.9. The van der Waals surface area contributed by atoms with Gasteiger partial charge >= 0.3 is 0 Å². The Morgan fingerprint density at radius 3 is 3.06 bits per heavy atom. The normalized spacial score (nSPS) is 10.3. The van der Waals surface area contributed by atoms with Crippen molar-refractivity contribution in [3.05, 3.63) is 46.5 Å². The first-order valence-electron chi connectivity index (χ1n) is 5.61. The van der Waals surface area contributed by atoms with Crippen LogP contribution in [0.15, 0.2) is 35.2 Å². The van der Waals surface area contributed by atoms with Crippen LogP contribution >= 0.6 is 15.9 Å². The maximum absolute atomic E-state index is 10.8. The Morgan fingerprint density at radius 2 is 2.33 bits per heavy atom. The Morgan fingerprint density at radius 1 is 1.50 bits per heavy atom. The highest BCUT2D eigenvalue weighted by atomic mass is 79.9. The number of hydrogen-bond donors (Lipinski definition) is 0. The Balaban J connectivity index is 2.08. The van der Waals surface area contributed by atoms with Crippen molar-refractivity contribution in [1.82, 2.24) is 9.55 Å². The lowest BCUT2D eigenvalue weighted by atomic mass is 10.2. The van der Waals surface area contributed by atoms with Crippen molar-refractivity contribution < 1.29 is 9.53 Å². The van der Waals surface area contributed by atoms with Crippen molar-refractivity contribution in [2.45, 2.75) is 20.1 Å². The summed E-state index contributed by atoms with van der Waals surface area (Å²) < 4.78 is 8.43. The summed E-state index contributed by atoms with van der Waals surface area (Å²) in [5.74, 6) is 0.671. The third-order valence-corrected chi connectivity index (χ3v) is 3.34. The minimum Gasteiger partial charge on any atom is -0.487 e. The number of aromatic nitrogens is 2. The minimum absolute atomic E-state index is 0.438. The molecule has 0 aliphatic rings. The SMILES string of the molecule is CCn1cncc1COc1ccc(Br)c(C=O)c1. The first kappa shape index (κ1) is 12.8. The van der Waals surface area contributed by atoms with E-state index < -0.39 is 0 Å². The predicted molar refractivity (Wildman–Crippen MR) is 71.8 cm³/mol. The molecule has 0 saturated heterocycles. The number of carbonyl (C=O) groups excluding carboxylic acids is 1. The van der Waals surface area contributed by atoms with Gasteiger partial charge in [-0.2, -0.15) is 0 Å². The van der Waals surface area contributed by atoms with E-state index in [-0.39, 0.29) is 0 Å². The van der Waals surface area contributed by atoms with Crippen LogP contribution in [0.3, 0.4) is 0 Å². The summed E-state index contributed by atoms with van der Waals surface area (Å²) in [6.45, 7) is 3.35. The van der Waals surface area contributed by atoms with Gasteiger partial charge in [-0.15, -0.1) is 0 Å². The van der Waals surface area contributed by atoms with E-state index in [0.29, 0.717) is 17.9 Å². The van der Waals surface area contributed by atoms with Crippen molar-refractivity contribution >= 4 is 22.2 Å². The average molecular weight is 309 g/mol.